The van der Waals surface area contributed by atoms with Crippen molar-refractivity contribution in [3.8, 4) is 0 Å². The number of nitrogens with zero attached hydrogens (tertiary/aromatic N) is 1. The van der Waals surface area contributed by atoms with Gasteiger partial charge in [-0.25, -0.2) is 8.78 Å². The van der Waals surface area contributed by atoms with Crippen LogP contribution in [-0.4, -0.2) is 10.1 Å². The van der Waals surface area contributed by atoms with Crippen molar-refractivity contribution in [3.05, 3.63) is 28.6 Å². The zero-order chi connectivity index (χ0) is 10.7. The van der Waals surface area contributed by atoms with Crippen LogP contribution in [0, 0.1) is 6.92 Å². The first-order valence-corrected chi connectivity index (χ1v) is 5.16. The highest BCUT2D eigenvalue weighted by Crippen LogP contribution is 2.25. The van der Waals surface area contributed by atoms with Crippen molar-refractivity contribution in [1.29, 1.82) is 0 Å². The van der Waals surface area contributed by atoms with Crippen LogP contribution in [-0.2, 0) is 11.9 Å². The lowest BCUT2D eigenvalue weighted by atomic mass is 10.0. The summed E-state index contributed by atoms with van der Waals surface area (Å²) < 4.78 is 24.8. The average molecular weight is 266 g/mol. The molecule has 0 aliphatic heterocycles. The van der Waals surface area contributed by atoms with Gasteiger partial charge in [0.05, 0.1) is 6.61 Å². The molecule has 1 heterocycles. The monoisotopic (exact) mass is 265 g/mol. The van der Waals surface area contributed by atoms with Crippen molar-refractivity contribution in [3.63, 3.8) is 0 Å². The summed E-state index contributed by atoms with van der Waals surface area (Å²) in [4.78, 5) is 3.67. The van der Waals surface area contributed by atoms with Gasteiger partial charge >= 0.3 is 0 Å². The first-order chi connectivity index (χ1) is 6.61. The van der Waals surface area contributed by atoms with Crippen LogP contribution in [0.4, 0.5) is 8.78 Å². The first-order valence-electron chi connectivity index (χ1n) is 4.04. The van der Waals surface area contributed by atoms with E-state index in [4.69, 9.17) is 5.11 Å². The number of aliphatic hydroxyl groups excluding tert-OH is 1. The Bertz CT molecular complexity index is 331. The topological polar surface area (TPSA) is 33.1 Å². The number of hydrogen-bond donors (Lipinski definition) is 1. The van der Waals surface area contributed by atoms with Gasteiger partial charge in [0.1, 0.15) is 5.69 Å². The molecule has 1 aromatic heterocycles. The highest BCUT2D eigenvalue weighted by Gasteiger charge is 2.16. The molecular weight excluding hydrogens is 256 g/mol. The van der Waals surface area contributed by atoms with E-state index in [0.717, 1.165) is 5.56 Å². The smallest absolute Gasteiger partial charge is 0.280 e. The molecule has 1 aromatic rings. The van der Waals surface area contributed by atoms with Crippen LogP contribution in [0.2, 0.25) is 0 Å². The number of hydrogen-bond acceptors (Lipinski definition) is 2. The molecule has 1 N–H and O–H groups in total. The van der Waals surface area contributed by atoms with Crippen LogP contribution < -0.4 is 0 Å². The molecular formula is C9H10BrF2NO. The fourth-order valence-corrected chi connectivity index (χ4v) is 1.76. The predicted octanol–water partition coefficient (Wildman–Crippen LogP) is 2.71. The van der Waals surface area contributed by atoms with Crippen LogP contribution in [0.3, 0.4) is 0 Å². The summed E-state index contributed by atoms with van der Waals surface area (Å²) in [7, 11) is 0. The van der Waals surface area contributed by atoms with E-state index in [9.17, 15) is 8.78 Å². The molecule has 0 unspecified atom stereocenters. The molecule has 0 spiro atoms. The second-order valence-electron chi connectivity index (χ2n) is 2.86. The molecule has 0 amide bonds. The first kappa shape index (κ1) is 11.5. The minimum atomic E-state index is -2.59. The number of aliphatic hydroxyl groups is 1. The zero-order valence-electron chi connectivity index (χ0n) is 7.60. The van der Waals surface area contributed by atoms with Crippen molar-refractivity contribution in [2.75, 3.05) is 0 Å². The molecule has 0 saturated carbocycles. The van der Waals surface area contributed by atoms with Gasteiger partial charge in [-0.1, -0.05) is 15.9 Å². The third-order valence-electron chi connectivity index (χ3n) is 2.09. The van der Waals surface area contributed by atoms with Gasteiger partial charge in [0, 0.05) is 11.5 Å². The van der Waals surface area contributed by atoms with Crippen molar-refractivity contribution in [2.24, 2.45) is 0 Å². The Balaban J connectivity index is 3.27. The van der Waals surface area contributed by atoms with Gasteiger partial charge in [0.25, 0.3) is 6.43 Å². The summed E-state index contributed by atoms with van der Waals surface area (Å²) in [6.45, 7) is 1.31. The molecule has 1 rings (SSSR count). The number of pyridine rings is 1. The number of aromatic nitrogens is 1. The van der Waals surface area contributed by atoms with E-state index in [-0.39, 0.29) is 12.3 Å². The van der Waals surface area contributed by atoms with Gasteiger partial charge in [-0.2, -0.15) is 0 Å². The largest absolute Gasteiger partial charge is 0.392 e. The quantitative estimate of drug-likeness (QED) is 0.853. The van der Waals surface area contributed by atoms with Crippen molar-refractivity contribution in [1.82, 2.24) is 4.98 Å². The molecule has 0 fully saturated rings. The highest BCUT2D eigenvalue weighted by atomic mass is 79.9. The number of rotatable bonds is 3. The standard InChI is InChI=1S/C9H10BrF2NO/c1-5-7(4-14)6(2-10)3-13-8(5)9(11)12/h3,9,14H,2,4H2,1H3. The molecule has 5 heteroatoms. The van der Waals surface area contributed by atoms with E-state index in [2.05, 4.69) is 20.9 Å². The van der Waals surface area contributed by atoms with E-state index in [1.807, 2.05) is 0 Å². The zero-order valence-corrected chi connectivity index (χ0v) is 9.18. The summed E-state index contributed by atoms with van der Waals surface area (Å²) in [5.74, 6) is 0. The molecule has 0 aliphatic rings. The Morgan fingerprint density at radius 1 is 1.57 bits per heavy atom. The molecule has 0 saturated heterocycles. The van der Waals surface area contributed by atoms with Gasteiger partial charge in [-0.05, 0) is 23.6 Å². The SMILES string of the molecule is Cc1c(C(F)F)ncc(CBr)c1CO. The lowest BCUT2D eigenvalue weighted by Gasteiger charge is -2.11. The summed E-state index contributed by atoms with van der Waals surface area (Å²) in [6, 6.07) is 0. The minimum absolute atomic E-state index is 0.241. The second-order valence-corrected chi connectivity index (χ2v) is 3.43. The van der Waals surface area contributed by atoms with Gasteiger partial charge in [-0.15, -0.1) is 0 Å². The molecule has 0 aromatic carbocycles. The molecule has 0 radical (unpaired) electrons. The van der Waals surface area contributed by atoms with Crippen molar-refractivity contribution < 1.29 is 13.9 Å². The molecule has 0 atom stereocenters. The van der Waals surface area contributed by atoms with E-state index in [1.165, 1.54) is 6.20 Å². The summed E-state index contributed by atoms with van der Waals surface area (Å²) >= 11 is 3.21. The minimum Gasteiger partial charge on any atom is -0.392 e. The number of alkyl halides is 3. The van der Waals surface area contributed by atoms with E-state index in [0.29, 0.717) is 16.5 Å². The lowest BCUT2D eigenvalue weighted by Crippen LogP contribution is -2.03. The Kier molecular flexibility index (Phi) is 3.95. The Hall–Kier alpha value is -0.550. The molecule has 78 valence electrons. The van der Waals surface area contributed by atoms with Crippen LogP contribution >= 0.6 is 15.9 Å². The van der Waals surface area contributed by atoms with Gasteiger partial charge < -0.3 is 5.11 Å². The number of halogens is 3. The Labute approximate surface area is 89.1 Å². The Morgan fingerprint density at radius 2 is 2.21 bits per heavy atom. The maximum Gasteiger partial charge on any atom is 0.280 e. The second kappa shape index (κ2) is 4.79. The lowest BCUT2D eigenvalue weighted by molar-refractivity contribution is 0.144. The van der Waals surface area contributed by atoms with Crippen molar-refractivity contribution >= 4 is 15.9 Å². The molecule has 0 aliphatic carbocycles. The van der Waals surface area contributed by atoms with Gasteiger partial charge in [-0.3, -0.25) is 4.98 Å². The van der Waals surface area contributed by atoms with Crippen LogP contribution in [0.25, 0.3) is 0 Å². The molecule has 0 bridgehead atoms. The fraction of sp³-hybridized carbons (Fsp3) is 0.444. The maximum absolute atomic E-state index is 12.4. The van der Waals surface area contributed by atoms with Crippen molar-refractivity contribution in [2.45, 2.75) is 25.3 Å². The van der Waals surface area contributed by atoms with Crippen LogP contribution in [0.1, 0.15) is 28.8 Å². The maximum atomic E-state index is 12.4. The highest BCUT2D eigenvalue weighted by molar-refractivity contribution is 9.08. The summed E-state index contributed by atoms with van der Waals surface area (Å²) in [6.07, 6.45) is -1.22. The fourth-order valence-electron chi connectivity index (χ4n) is 1.27. The molecule has 2 nitrogen and oxygen atoms in total. The van der Waals surface area contributed by atoms with E-state index >= 15 is 0 Å². The third-order valence-corrected chi connectivity index (χ3v) is 2.70. The summed E-state index contributed by atoms with van der Waals surface area (Å²) in [5.41, 5.74) is 1.40. The van der Waals surface area contributed by atoms with E-state index < -0.39 is 6.43 Å². The molecule has 14 heavy (non-hydrogen) atoms. The Morgan fingerprint density at radius 3 is 2.64 bits per heavy atom. The van der Waals surface area contributed by atoms with E-state index in [1.54, 1.807) is 6.92 Å². The van der Waals surface area contributed by atoms with Gasteiger partial charge in [0.2, 0.25) is 0 Å². The average Bonchev–Trinajstić information content (AvgIpc) is 2.16. The van der Waals surface area contributed by atoms with Gasteiger partial charge in [0.15, 0.2) is 0 Å². The summed E-state index contributed by atoms with van der Waals surface area (Å²) in [5, 5.41) is 9.54. The predicted molar refractivity (Wildman–Crippen MR) is 52.5 cm³/mol. The normalized spacial score (nSPS) is 11.0. The third kappa shape index (κ3) is 2.09. The van der Waals surface area contributed by atoms with Crippen LogP contribution in [0.15, 0.2) is 6.20 Å². The van der Waals surface area contributed by atoms with Crippen LogP contribution in [0.5, 0.6) is 0 Å².